The predicted octanol–water partition coefficient (Wildman–Crippen LogP) is 2.96. The molecule has 0 spiro atoms. The summed E-state index contributed by atoms with van der Waals surface area (Å²) in [6.07, 6.45) is 0. The third-order valence-corrected chi connectivity index (χ3v) is 3.37. The van der Waals surface area contributed by atoms with Crippen LogP contribution in [-0.2, 0) is 4.79 Å². The summed E-state index contributed by atoms with van der Waals surface area (Å²) >= 11 is 12.9. The second-order valence-corrected chi connectivity index (χ2v) is 5.06. The molecule has 0 saturated heterocycles. The minimum absolute atomic E-state index is 0.0967. The second kappa shape index (κ2) is 5.60. The van der Waals surface area contributed by atoms with Gasteiger partial charge in [0, 0.05) is 10.6 Å². The van der Waals surface area contributed by atoms with E-state index in [1.54, 1.807) is 18.2 Å². The fourth-order valence-electron chi connectivity index (χ4n) is 1.24. The largest absolute Gasteiger partial charge is 0.481 e. The van der Waals surface area contributed by atoms with Gasteiger partial charge in [-0.2, -0.15) is 0 Å². The molecule has 0 aliphatic heterocycles. The molecule has 0 bridgehead atoms. The highest BCUT2D eigenvalue weighted by Crippen LogP contribution is 2.29. The van der Waals surface area contributed by atoms with E-state index >= 15 is 0 Å². The van der Waals surface area contributed by atoms with Gasteiger partial charge >= 0.3 is 5.97 Å². The van der Waals surface area contributed by atoms with Gasteiger partial charge < -0.3 is 5.11 Å². The number of halogens is 2. The molecular formula is C10H7Cl2N3O2S. The third kappa shape index (κ3) is 3.16. The summed E-state index contributed by atoms with van der Waals surface area (Å²) in [4.78, 5) is 14.6. The normalized spacial score (nSPS) is 10.6. The lowest BCUT2D eigenvalue weighted by Crippen LogP contribution is -1.97. The molecule has 2 aromatic rings. The molecule has 0 aliphatic rings. The summed E-state index contributed by atoms with van der Waals surface area (Å²) in [6, 6.07) is 4.99. The molecule has 18 heavy (non-hydrogen) atoms. The number of nitrogens with one attached hydrogen (secondary N) is 1. The fourth-order valence-corrected chi connectivity index (χ4v) is 2.13. The van der Waals surface area contributed by atoms with Crippen LogP contribution in [0, 0.1) is 0 Å². The van der Waals surface area contributed by atoms with Crippen LogP contribution in [0.3, 0.4) is 0 Å². The first-order valence-corrected chi connectivity index (χ1v) is 6.53. The molecule has 1 aromatic carbocycles. The van der Waals surface area contributed by atoms with Gasteiger partial charge in [-0.3, -0.25) is 9.89 Å². The summed E-state index contributed by atoms with van der Waals surface area (Å²) in [5, 5.41) is 16.5. The number of benzene rings is 1. The molecule has 5 nitrogen and oxygen atoms in total. The maximum Gasteiger partial charge on any atom is 0.313 e. The van der Waals surface area contributed by atoms with Crippen molar-refractivity contribution in [2.75, 3.05) is 5.75 Å². The zero-order valence-corrected chi connectivity index (χ0v) is 11.2. The van der Waals surface area contributed by atoms with Crippen molar-refractivity contribution in [1.29, 1.82) is 0 Å². The number of carbonyl (C=O) groups is 1. The Hall–Kier alpha value is -1.24. The summed E-state index contributed by atoms with van der Waals surface area (Å²) in [6.45, 7) is 0. The number of aromatic nitrogens is 3. The molecule has 2 rings (SSSR count). The molecule has 0 fully saturated rings. The standard InChI is InChI=1S/C10H7Cl2N3O2S/c11-5-1-2-7(12)6(3-5)9-13-10(15-14-9)18-4-8(16)17/h1-3H,4H2,(H,16,17)(H,13,14,15). The Morgan fingerprint density at radius 2 is 2.22 bits per heavy atom. The number of rotatable bonds is 4. The van der Waals surface area contributed by atoms with Crippen LogP contribution in [0.1, 0.15) is 0 Å². The molecule has 0 unspecified atom stereocenters. The van der Waals surface area contributed by atoms with Crippen LogP contribution in [0.4, 0.5) is 0 Å². The molecule has 0 saturated carbocycles. The van der Waals surface area contributed by atoms with Crippen molar-refractivity contribution >= 4 is 40.9 Å². The third-order valence-electron chi connectivity index (χ3n) is 1.97. The maximum absolute atomic E-state index is 10.4. The Morgan fingerprint density at radius 1 is 1.44 bits per heavy atom. The Bertz CT molecular complexity index is 588. The van der Waals surface area contributed by atoms with Crippen LogP contribution >= 0.6 is 35.0 Å². The van der Waals surface area contributed by atoms with E-state index in [1.807, 2.05) is 0 Å². The lowest BCUT2D eigenvalue weighted by Gasteiger charge is -1.99. The van der Waals surface area contributed by atoms with Gasteiger partial charge in [-0.25, -0.2) is 4.98 Å². The van der Waals surface area contributed by atoms with Crippen molar-refractivity contribution in [3.63, 3.8) is 0 Å². The minimum atomic E-state index is -0.924. The highest BCUT2D eigenvalue weighted by Gasteiger charge is 2.11. The molecule has 2 N–H and O–H groups in total. The van der Waals surface area contributed by atoms with E-state index in [-0.39, 0.29) is 5.75 Å². The summed E-state index contributed by atoms with van der Waals surface area (Å²) < 4.78 is 0. The van der Waals surface area contributed by atoms with Gasteiger partial charge in [-0.1, -0.05) is 35.0 Å². The Morgan fingerprint density at radius 3 is 2.94 bits per heavy atom. The SMILES string of the molecule is O=C(O)CSc1n[nH]c(-c2cc(Cl)ccc2Cl)n1. The molecule has 0 atom stereocenters. The highest BCUT2D eigenvalue weighted by molar-refractivity contribution is 7.99. The first kappa shape index (κ1) is 13.2. The van der Waals surface area contributed by atoms with E-state index in [0.717, 1.165) is 11.8 Å². The van der Waals surface area contributed by atoms with Crippen LogP contribution in [0.15, 0.2) is 23.4 Å². The average molecular weight is 304 g/mol. The van der Waals surface area contributed by atoms with Gasteiger partial charge in [0.1, 0.15) is 0 Å². The van der Waals surface area contributed by atoms with Crippen molar-refractivity contribution in [3.8, 4) is 11.4 Å². The average Bonchev–Trinajstić information content (AvgIpc) is 2.78. The number of carboxylic acids is 1. The number of nitrogens with zero attached hydrogens (tertiary/aromatic N) is 2. The fraction of sp³-hybridized carbons (Fsp3) is 0.100. The van der Waals surface area contributed by atoms with Gasteiger partial charge in [-0.05, 0) is 18.2 Å². The number of carboxylic acid groups (broad SMARTS) is 1. The second-order valence-electron chi connectivity index (χ2n) is 3.27. The number of aromatic amines is 1. The van der Waals surface area contributed by atoms with E-state index < -0.39 is 5.97 Å². The first-order valence-electron chi connectivity index (χ1n) is 4.78. The zero-order chi connectivity index (χ0) is 13.1. The molecule has 0 amide bonds. The van der Waals surface area contributed by atoms with Crippen molar-refractivity contribution in [2.45, 2.75) is 5.16 Å². The zero-order valence-electron chi connectivity index (χ0n) is 8.85. The molecular weight excluding hydrogens is 297 g/mol. The van der Waals surface area contributed by atoms with E-state index in [1.165, 1.54) is 0 Å². The van der Waals surface area contributed by atoms with Crippen molar-refractivity contribution in [2.24, 2.45) is 0 Å². The van der Waals surface area contributed by atoms with E-state index in [4.69, 9.17) is 28.3 Å². The van der Waals surface area contributed by atoms with E-state index in [9.17, 15) is 4.79 Å². The Balaban J connectivity index is 2.23. The molecule has 0 radical (unpaired) electrons. The smallest absolute Gasteiger partial charge is 0.313 e. The number of hydrogen-bond donors (Lipinski definition) is 2. The van der Waals surface area contributed by atoms with Crippen LogP contribution in [0.5, 0.6) is 0 Å². The van der Waals surface area contributed by atoms with Crippen molar-refractivity contribution < 1.29 is 9.90 Å². The quantitative estimate of drug-likeness (QED) is 0.849. The van der Waals surface area contributed by atoms with Crippen LogP contribution in [-0.4, -0.2) is 32.0 Å². The van der Waals surface area contributed by atoms with Crippen LogP contribution in [0.2, 0.25) is 10.0 Å². The molecule has 0 aliphatic carbocycles. The maximum atomic E-state index is 10.4. The molecule has 1 heterocycles. The molecule has 8 heteroatoms. The van der Waals surface area contributed by atoms with Gasteiger partial charge in [0.15, 0.2) is 5.82 Å². The first-order chi connectivity index (χ1) is 8.56. The highest BCUT2D eigenvalue weighted by atomic mass is 35.5. The number of H-pyrrole nitrogens is 1. The van der Waals surface area contributed by atoms with E-state index in [2.05, 4.69) is 15.2 Å². The van der Waals surface area contributed by atoms with Crippen molar-refractivity contribution in [1.82, 2.24) is 15.2 Å². The number of thioether (sulfide) groups is 1. The van der Waals surface area contributed by atoms with Gasteiger partial charge in [-0.15, -0.1) is 5.10 Å². The number of hydrogen-bond acceptors (Lipinski definition) is 4. The van der Waals surface area contributed by atoms with Crippen LogP contribution < -0.4 is 0 Å². The van der Waals surface area contributed by atoms with Gasteiger partial charge in [0.05, 0.1) is 10.8 Å². The summed E-state index contributed by atoms with van der Waals surface area (Å²) in [5.74, 6) is -0.567. The topological polar surface area (TPSA) is 78.9 Å². The molecule has 94 valence electrons. The minimum Gasteiger partial charge on any atom is -0.481 e. The predicted molar refractivity (Wildman–Crippen MR) is 70.2 cm³/mol. The lowest BCUT2D eigenvalue weighted by atomic mass is 10.2. The van der Waals surface area contributed by atoms with Crippen LogP contribution in [0.25, 0.3) is 11.4 Å². The van der Waals surface area contributed by atoms with Gasteiger partial charge in [0.25, 0.3) is 0 Å². The van der Waals surface area contributed by atoms with Crippen molar-refractivity contribution in [3.05, 3.63) is 28.2 Å². The Kier molecular flexibility index (Phi) is 4.11. The lowest BCUT2D eigenvalue weighted by molar-refractivity contribution is -0.133. The summed E-state index contributed by atoms with van der Waals surface area (Å²) in [5.41, 5.74) is 0.624. The van der Waals surface area contributed by atoms with E-state index in [0.29, 0.717) is 26.6 Å². The monoisotopic (exact) mass is 303 g/mol. The molecule has 1 aromatic heterocycles. The summed E-state index contributed by atoms with van der Waals surface area (Å²) in [7, 11) is 0. The number of aliphatic carboxylic acids is 1. The Labute approximate surface area is 117 Å². The van der Waals surface area contributed by atoms with Gasteiger partial charge in [0.2, 0.25) is 5.16 Å².